The van der Waals surface area contributed by atoms with Gasteiger partial charge >= 0.3 is 12.1 Å². The van der Waals surface area contributed by atoms with Crippen molar-refractivity contribution in [1.29, 1.82) is 0 Å². The molecule has 15 heteroatoms. The first-order valence-electron chi connectivity index (χ1n) is 10.00. The molecule has 0 unspecified atom stereocenters. The predicted molar refractivity (Wildman–Crippen MR) is 124 cm³/mol. The molecule has 4 rings (SSSR count). The summed E-state index contributed by atoms with van der Waals surface area (Å²) in [6, 6.07) is 13.7. The molecule has 2 aromatic carbocycles. The summed E-state index contributed by atoms with van der Waals surface area (Å²) in [6.07, 6.45) is -3.30. The van der Waals surface area contributed by atoms with Crippen LogP contribution in [0, 0.1) is 0 Å². The smallest absolute Gasteiger partial charge is 0.475 e. The van der Waals surface area contributed by atoms with Crippen LogP contribution in [0.1, 0.15) is 5.56 Å². The van der Waals surface area contributed by atoms with E-state index >= 15 is 0 Å². The minimum atomic E-state index is -5.08. The number of fused-ring (bicyclic) bond motifs is 1. The second kappa shape index (κ2) is 10.6. The van der Waals surface area contributed by atoms with Gasteiger partial charge in [0.1, 0.15) is 18.0 Å². The van der Waals surface area contributed by atoms with Crippen molar-refractivity contribution in [3.63, 3.8) is 0 Å². The Balaban J connectivity index is 0.000000454. The van der Waals surface area contributed by atoms with E-state index in [1.54, 1.807) is 18.2 Å². The molecule has 0 spiro atoms. The number of hydrogen-bond acceptors (Lipinski definition) is 8. The molecule has 1 aromatic heterocycles. The van der Waals surface area contributed by atoms with Gasteiger partial charge in [-0.15, -0.1) is 0 Å². The molecule has 0 atom stereocenters. The van der Waals surface area contributed by atoms with E-state index in [9.17, 15) is 26.4 Å². The van der Waals surface area contributed by atoms with Crippen molar-refractivity contribution in [3.05, 3.63) is 60.4 Å². The molecular weight excluding hydrogens is 505 g/mol. The summed E-state index contributed by atoms with van der Waals surface area (Å²) in [5.74, 6) is -1.73. The molecule has 1 amide bonds. The molecular formula is C21H19F3N6O5S. The SMILES string of the molecule is CNS(=O)(=O)c1cccc(Nc2cc(Nc3ccc4c(c3)NC(=O)C4)ncn2)c1.O=C(O)C(F)(F)F. The number of anilines is 5. The number of alkyl halides is 3. The predicted octanol–water partition coefficient (Wildman–Crippen LogP) is 3.00. The topological polar surface area (TPSA) is 162 Å². The van der Waals surface area contributed by atoms with Gasteiger partial charge in [-0.1, -0.05) is 12.1 Å². The number of amides is 1. The van der Waals surface area contributed by atoms with Gasteiger partial charge in [0.05, 0.1) is 11.3 Å². The van der Waals surface area contributed by atoms with Gasteiger partial charge in [0, 0.05) is 23.1 Å². The fourth-order valence-electron chi connectivity index (χ4n) is 2.94. The van der Waals surface area contributed by atoms with E-state index in [0.29, 0.717) is 23.7 Å². The maximum Gasteiger partial charge on any atom is 0.490 e. The minimum Gasteiger partial charge on any atom is -0.475 e. The lowest BCUT2D eigenvalue weighted by Crippen LogP contribution is -2.21. The largest absolute Gasteiger partial charge is 0.490 e. The molecule has 0 radical (unpaired) electrons. The highest BCUT2D eigenvalue weighted by Gasteiger charge is 2.38. The van der Waals surface area contributed by atoms with Crippen LogP contribution in [0.3, 0.4) is 0 Å². The standard InChI is InChI=1S/C19H18N6O3S.C2HF3O2/c1-20-29(27,28)15-4-2-3-13(8-15)23-17-10-18(22-11-21-17)24-14-6-5-12-7-19(26)25-16(12)9-14;3-2(4,5)1(6)7/h2-6,8-11,20H,7H2,1H3,(H,25,26)(H2,21,22,23,24);(H,6,7). The van der Waals surface area contributed by atoms with Gasteiger partial charge in [0.2, 0.25) is 15.9 Å². The number of aliphatic carboxylic acids is 1. The number of nitrogens with zero attached hydrogens (tertiary/aromatic N) is 2. The fourth-order valence-corrected chi connectivity index (χ4v) is 3.72. The minimum absolute atomic E-state index is 0.0202. The van der Waals surface area contributed by atoms with Crippen molar-refractivity contribution in [2.75, 3.05) is 23.0 Å². The summed E-state index contributed by atoms with van der Waals surface area (Å²) < 4.78 is 58.0. The average molecular weight is 524 g/mol. The Bertz CT molecular complexity index is 1400. The van der Waals surface area contributed by atoms with E-state index in [1.807, 2.05) is 18.2 Å². The van der Waals surface area contributed by atoms with Crippen molar-refractivity contribution in [3.8, 4) is 0 Å². The molecule has 11 nitrogen and oxygen atoms in total. The third kappa shape index (κ3) is 6.89. The molecule has 0 aliphatic carbocycles. The molecule has 3 aromatic rings. The van der Waals surface area contributed by atoms with Crippen LogP contribution in [0.15, 0.2) is 59.8 Å². The lowest BCUT2D eigenvalue weighted by molar-refractivity contribution is -0.192. The van der Waals surface area contributed by atoms with E-state index in [-0.39, 0.29) is 10.8 Å². The van der Waals surface area contributed by atoms with Gasteiger partial charge in [0.25, 0.3) is 0 Å². The van der Waals surface area contributed by atoms with Crippen LogP contribution in [0.25, 0.3) is 0 Å². The van der Waals surface area contributed by atoms with E-state index in [4.69, 9.17) is 9.90 Å². The Labute approximate surface area is 202 Å². The summed E-state index contributed by atoms with van der Waals surface area (Å²) >= 11 is 0. The number of rotatable bonds is 6. The maximum absolute atomic E-state index is 12.0. The zero-order chi connectivity index (χ0) is 26.5. The van der Waals surface area contributed by atoms with Gasteiger partial charge < -0.3 is 21.1 Å². The Morgan fingerprint density at radius 3 is 2.22 bits per heavy atom. The number of carboxylic acid groups (broad SMARTS) is 1. The number of aromatic nitrogens is 2. The molecule has 36 heavy (non-hydrogen) atoms. The van der Waals surface area contributed by atoms with Crippen molar-refractivity contribution < 1.29 is 36.3 Å². The molecule has 2 heterocycles. The first-order valence-corrected chi connectivity index (χ1v) is 11.5. The molecule has 1 aliphatic rings. The Kier molecular flexibility index (Phi) is 7.74. The van der Waals surface area contributed by atoms with Gasteiger partial charge in [0.15, 0.2) is 0 Å². The number of nitrogens with one attached hydrogen (secondary N) is 4. The highest BCUT2D eigenvalue weighted by molar-refractivity contribution is 7.89. The summed E-state index contributed by atoms with van der Waals surface area (Å²) in [5.41, 5.74) is 3.10. The summed E-state index contributed by atoms with van der Waals surface area (Å²) in [5, 5.41) is 16.2. The Morgan fingerprint density at radius 2 is 1.64 bits per heavy atom. The molecule has 0 saturated heterocycles. The third-order valence-electron chi connectivity index (χ3n) is 4.60. The number of hydrogen-bond donors (Lipinski definition) is 5. The van der Waals surface area contributed by atoms with Crippen LogP contribution in [0.4, 0.5) is 41.9 Å². The highest BCUT2D eigenvalue weighted by Crippen LogP contribution is 2.28. The lowest BCUT2D eigenvalue weighted by atomic mass is 10.1. The quantitative estimate of drug-likeness (QED) is 0.326. The number of sulfonamides is 1. The average Bonchev–Trinajstić information content (AvgIpc) is 3.18. The van der Waals surface area contributed by atoms with Crippen LogP contribution in [-0.2, 0) is 26.0 Å². The zero-order valence-corrected chi connectivity index (χ0v) is 19.2. The van der Waals surface area contributed by atoms with Crippen LogP contribution in [0.2, 0.25) is 0 Å². The fraction of sp³-hybridized carbons (Fsp3) is 0.143. The molecule has 1 aliphatic heterocycles. The zero-order valence-electron chi connectivity index (χ0n) is 18.4. The maximum atomic E-state index is 12.0. The van der Waals surface area contributed by atoms with E-state index in [1.165, 1.54) is 25.5 Å². The van der Waals surface area contributed by atoms with Gasteiger partial charge in [-0.2, -0.15) is 13.2 Å². The van der Waals surface area contributed by atoms with Gasteiger partial charge in [-0.3, -0.25) is 4.79 Å². The number of carbonyl (C=O) groups excluding carboxylic acids is 1. The van der Waals surface area contributed by atoms with E-state index in [2.05, 4.69) is 30.6 Å². The second-order valence-corrected chi connectivity index (χ2v) is 9.06. The third-order valence-corrected chi connectivity index (χ3v) is 6.01. The summed E-state index contributed by atoms with van der Waals surface area (Å²) in [4.78, 5) is 28.9. The van der Waals surface area contributed by atoms with Crippen molar-refractivity contribution in [2.24, 2.45) is 0 Å². The van der Waals surface area contributed by atoms with Crippen molar-refractivity contribution in [1.82, 2.24) is 14.7 Å². The summed E-state index contributed by atoms with van der Waals surface area (Å²) in [7, 11) is -2.17. The van der Waals surface area contributed by atoms with Crippen LogP contribution >= 0.6 is 0 Å². The molecule has 0 fully saturated rings. The van der Waals surface area contributed by atoms with Crippen LogP contribution < -0.4 is 20.7 Å². The number of carbonyl (C=O) groups is 2. The van der Waals surface area contributed by atoms with Crippen LogP contribution in [-0.4, -0.2) is 48.6 Å². The number of halogens is 3. The Hall–Kier alpha value is -4.24. The van der Waals surface area contributed by atoms with Crippen molar-refractivity contribution in [2.45, 2.75) is 17.5 Å². The summed E-state index contributed by atoms with van der Waals surface area (Å²) in [6.45, 7) is 0. The highest BCUT2D eigenvalue weighted by atomic mass is 32.2. The first-order chi connectivity index (χ1) is 16.9. The van der Waals surface area contributed by atoms with Crippen molar-refractivity contribution >= 4 is 50.6 Å². The molecule has 190 valence electrons. The first kappa shape index (κ1) is 26.4. The number of carboxylic acids is 1. The van der Waals surface area contributed by atoms with Gasteiger partial charge in [-0.05, 0) is 42.9 Å². The van der Waals surface area contributed by atoms with E-state index < -0.39 is 22.2 Å². The monoisotopic (exact) mass is 524 g/mol. The molecule has 0 bridgehead atoms. The van der Waals surface area contributed by atoms with E-state index in [0.717, 1.165) is 16.9 Å². The normalized spacial score (nSPS) is 12.6. The van der Waals surface area contributed by atoms with Gasteiger partial charge in [-0.25, -0.2) is 27.9 Å². The Morgan fingerprint density at radius 1 is 1.03 bits per heavy atom. The second-order valence-electron chi connectivity index (χ2n) is 7.17. The lowest BCUT2D eigenvalue weighted by Gasteiger charge is -2.10. The van der Waals surface area contributed by atoms with Crippen LogP contribution in [0.5, 0.6) is 0 Å². The molecule has 0 saturated carbocycles. The number of benzene rings is 2. The molecule has 5 N–H and O–H groups in total.